The molecule has 0 bridgehead atoms. The molecule has 2 aliphatic heterocycles. The van der Waals surface area contributed by atoms with E-state index in [2.05, 4.69) is 5.32 Å². The van der Waals surface area contributed by atoms with Gasteiger partial charge in [-0.05, 0) is 6.07 Å². The number of fused-ring (bicyclic) bond motifs is 2. The van der Waals surface area contributed by atoms with Crippen molar-refractivity contribution in [3.05, 3.63) is 23.8 Å². The molecule has 1 aromatic carbocycles. The second kappa shape index (κ2) is 5.24. The van der Waals surface area contributed by atoms with E-state index in [0.717, 1.165) is 17.0 Å². The molecule has 0 fully saturated rings. The Morgan fingerprint density at radius 3 is 2.52 bits per heavy atom. The van der Waals surface area contributed by atoms with Gasteiger partial charge in [0.2, 0.25) is 0 Å². The Morgan fingerprint density at radius 1 is 1.13 bits per heavy atom. The van der Waals surface area contributed by atoms with Gasteiger partial charge < -0.3 is 15.0 Å². The van der Waals surface area contributed by atoms with Crippen molar-refractivity contribution >= 4 is 16.9 Å². The van der Waals surface area contributed by atoms with Crippen LogP contribution < -0.4 is 15.0 Å². The summed E-state index contributed by atoms with van der Waals surface area (Å²) in [5.74, 6) is 0.148. The first kappa shape index (κ1) is 15.8. The second-order valence-corrected chi connectivity index (χ2v) is 5.25. The topological polar surface area (TPSA) is 24.5 Å². The maximum Gasteiger partial charge on any atom is 0.416 e. The highest BCUT2D eigenvalue weighted by Crippen LogP contribution is 2.45. The molecule has 2 aliphatic rings. The normalized spacial score (nSPS) is 17.7. The van der Waals surface area contributed by atoms with Crippen LogP contribution in [0.25, 0.3) is 5.57 Å². The van der Waals surface area contributed by atoms with Crippen LogP contribution in [0.5, 0.6) is 5.75 Å². The molecule has 0 saturated heterocycles. The summed E-state index contributed by atoms with van der Waals surface area (Å²) in [7, 11) is 0. The summed E-state index contributed by atoms with van der Waals surface area (Å²) in [5.41, 5.74) is -0.801. The minimum atomic E-state index is -4.57. The molecule has 0 amide bonds. The summed E-state index contributed by atoms with van der Waals surface area (Å²) in [4.78, 5) is 0.988. The molecule has 0 atom stereocenters. The zero-order valence-electron chi connectivity index (χ0n) is 11.7. The number of allylic oxidation sites excluding steroid dienone is 1. The van der Waals surface area contributed by atoms with Gasteiger partial charge in [-0.1, -0.05) is 6.08 Å². The minimum Gasteiger partial charge on any atom is -0.489 e. The number of anilines is 2. The van der Waals surface area contributed by atoms with E-state index in [1.165, 1.54) is 6.07 Å². The average molecular weight is 338 g/mol. The lowest BCUT2D eigenvalue weighted by atomic mass is 9.98. The van der Waals surface area contributed by atoms with Crippen LogP contribution in [-0.4, -0.2) is 38.6 Å². The largest absolute Gasteiger partial charge is 0.489 e. The van der Waals surface area contributed by atoms with E-state index >= 15 is 0 Å². The summed E-state index contributed by atoms with van der Waals surface area (Å²) >= 11 is 0. The molecule has 9 heteroatoms. The van der Waals surface area contributed by atoms with Gasteiger partial charge in [0.1, 0.15) is 18.9 Å². The maximum absolute atomic E-state index is 13.1. The first-order valence-electron chi connectivity index (χ1n) is 6.79. The third-order valence-corrected chi connectivity index (χ3v) is 3.62. The number of nitrogens with one attached hydrogen (secondary N) is 1. The number of benzene rings is 1. The third-order valence-electron chi connectivity index (χ3n) is 3.62. The molecular weight excluding hydrogens is 326 g/mol. The molecule has 0 aromatic heterocycles. The van der Waals surface area contributed by atoms with Crippen molar-refractivity contribution in [3.8, 4) is 5.75 Å². The molecule has 0 spiro atoms. The standard InChI is InChI=1S/C14H12F6N2O/c15-13(16,17)7-22-3-4-23-12-6-10-8(5-11(12)22)9(1-2-21-10)14(18,19)20/h1,5-6,21H,2-4,7H2. The highest BCUT2D eigenvalue weighted by molar-refractivity contribution is 5.86. The zero-order valence-corrected chi connectivity index (χ0v) is 11.7. The molecule has 0 saturated carbocycles. The van der Waals surface area contributed by atoms with E-state index in [-0.39, 0.29) is 42.4 Å². The van der Waals surface area contributed by atoms with E-state index in [1.54, 1.807) is 0 Å². The SMILES string of the molecule is FC(F)(F)CN1CCOc2cc3c(cc21)C(C(F)(F)F)=CCN3. The minimum absolute atomic E-state index is 0.00705. The van der Waals surface area contributed by atoms with Gasteiger partial charge in [0.25, 0.3) is 0 Å². The smallest absolute Gasteiger partial charge is 0.416 e. The molecule has 1 aromatic rings. The lowest BCUT2D eigenvalue weighted by Crippen LogP contribution is -2.40. The summed E-state index contributed by atoms with van der Waals surface area (Å²) in [6, 6.07) is 2.44. The van der Waals surface area contributed by atoms with Crippen molar-refractivity contribution in [2.45, 2.75) is 12.4 Å². The Labute approximate surface area is 127 Å². The van der Waals surface area contributed by atoms with Crippen molar-refractivity contribution in [2.24, 2.45) is 0 Å². The molecule has 2 heterocycles. The second-order valence-electron chi connectivity index (χ2n) is 5.25. The summed E-state index contributed by atoms with van der Waals surface area (Å²) in [5, 5.41) is 2.78. The zero-order chi connectivity index (χ0) is 16.8. The van der Waals surface area contributed by atoms with E-state index in [0.29, 0.717) is 0 Å². The van der Waals surface area contributed by atoms with Crippen LogP contribution in [0, 0.1) is 0 Å². The van der Waals surface area contributed by atoms with Gasteiger partial charge in [-0.15, -0.1) is 0 Å². The van der Waals surface area contributed by atoms with Gasteiger partial charge in [0, 0.05) is 23.9 Å². The Balaban J connectivity index is 2.05. The van der Waals surface area contributed by atoms with Crippen LogP contribution in [0.3, 0.4) is 0 Å². The molecule has 0 unspecified atom stereocenters. The van der Waals surface area contributed by atoms with Crippen molar-refractivity contribution < 1.29 is 31.1 Å². The summed E-state index contributed by atoms with van der Waals surface area (Å²) in [6.07, 6.45) is -8.05. The number of halogens is 6. The van der Waals surface area contributed by atoms with E-state index in [1.807, 2.05) is 0 Å². The maximum atomic E-state index is 13.1. The number of nitrogens with zero attached hydrogens (tertiary/aromatic N) is 1. The first-order valence-corrected chi connectivity index (χ1v) is 6.79. The Morgan fingerprint density at radius 2 is 1.87 bits per heavy atom. The van der Waals surface area contributed by atoms with Crippen LogP contribution >= 0.6 is 0 Å². The molecular formula is C14H12F6N2O. The van der Waals surface area contributed by atoms with E-state index in [9.17, 15) is 26.3 Å². The average Bonchev–Trinajstić information content (AvgIpc) is 2.42. The number of hydrogen-bond donors (Lipinski definition) is 1. The van der Waals surface area contributed by atoms with Crippen LogP contribution in [0.4, 0.5) is 37.7 Å². The predicted octanol–water partition coefficient (Wildman–Crippen LogP) is 3.82. The van der Waals surface area contributed by atoms with Crippen molar-refractivity contribution in [1.82, 2.24) is 0 Å². The van der Waals surface area contributed by atoms with Gasteiger partial charge in [-0.3, -0.25) is 0 Å². The Kier molecular flexibility index (Phi) is 3.61. The van der Waals surface area contributed by atoms with Crippen molar-refractivity contribution in [2.75, 3.05) is 36.5 Å². The van der Waals surface area contributed by atoms with Crippen molar-refractivity contribution in [3.63, 3.8) is 0 Å². The van der Waals surface area contributed by atoms with Crippen LogP contribution in [0.1, 0.15) is 5.56 Å². The Bertz CT molecular complexity index is 650. The van der Waals surface area contributed by atoms with E-state index < -0.39 is 24.5 Å². The Hall–Kier alpha value is -2.06. The number of ether oxygens (including phenoxy) is 1. The van der Waals surface area contributed by atoms with E-state index in [4.69, 9.17) is 4.74 Å². The van der Waals surface area contributed by atoms with Crippen molar-refractivity contribution in [1.29, 1.82) is 0 Å². The van der Waals surface area contributed by atoms with Crippen LogP contribution in [0.2, 0.25) is 0 Å². The van der Waals surface area contributed by atoms with Gasteiger partial charge in [0.15, 0.2) is 0 Å². The fourth-order valence-corrected chi connectivity index (χ4v) is 2.71. The van der Waals surface area contributed by atoms with Gasteiger partial charge in [0.05, 0.1) is 17.8 Å². The molecule has 3 rings (SSSR count). The highest BCUT2D eigenvalue weighted by Gasteiger charge is 2.39. The summed E-state index contributed by atoms with van der Waals surface area (Å²) < 4.78 is 82.6. The molecule has 0 aliphatic carbocycles. The fourth-order valence-electron chi connectivity index (χ4n) is 2.71. The molecule has 0 radical (unpaired) electrons. The fraction of sp³-hybridized carbons (Fsp3) is 0.429. The molecule has 1 N–H and O–H groups in total. The summed E-state index contributed by atoms with van der Waals surface area (Å²) in [6.45, 7) is -1.23. The van der Waals surface area contributed by atoms with Gasteiger partial charge in [-0.25, -0.2) is 0 Å². The van der Waals surface area contributed by atoms with Gasteiger partial charge >= 0.3 is 12.4 Å². The third kappa shape index (κ3) is 3.18. The lowest BCUT2D eigenvalue weighted by Gasteiger charge is -2.33. The highest BCUT2D eigenvalue weighted by atomic mass is 19.4. The molecule has 23 heavy (non-hydrogen) atoms. The number of rotatable bonds is 1. The molecule has 3 nitrogen and oxygen atoms in total. The quantitative estimate of drug-likeness (QED) is 0.788. The molecule has 126 valence electrons. The van der Waals surface area contributed by atoms with Crippen LogP contribution in [0.15, 0.2) is 18.2 Å². The van der Waals surface area contributed by atoms with Gasteiger partial charge in [-0.2, -0.15) is 26.3 Å². The first-order chi connectivity index (χ1) is 10.6. The number of hydrogen-bond acceptors (Lipinski definition) is 3. The predicted molar refractivity (Wildman–Crippen MR) is 72.7 cm³/mol. The monoisotopic (exact) mass is 338 g/mol. The van der Waals surface area contributed by atoms with Crippen LogP contribution in [-0.2, 0) is 0 Å². The lowest BCUT2D eigenvalue weighted by molar-refractivity contribution is -0.120. The number of alkyl halides is 6.